The third-order valence-corrected chi connectivity index (χ3v) is 5.97. The van der Waals surface area contributed by atoms with Gasteiger partial charge in [0.05, 0.1) is 13.7 Å². The van der Waals surface area contributed by atoms with Gasteiger partial charge in [-0.2, -0.15) is 0 Å². The third kappa shape index (κ3) is 3.76. The van der Waals surface area contributed by atoms with E-state index in [-0.39, 0.29) is 6.29 Å². The van der Waals surface area contributed by atoms with Crippen LogP contribution in [0.5, 0.6) is 5.75 Å². The Morgan fingerprint density at radius 1 is 1.19 bits per heavy atom. The summed E-state index contributed by atoms with van der Waals surface area (Å²) in [5, 5.41) is 0.986. The molecule has 1 saturated heterocycles. The van der Waals surface area contributed by atoms with Gasteiger partial charge in [-0.1, -0.05) is 12.8 Å². The molecule has 1 aromatic heterocycles. The molecule has 5 nitrogen and oxygen atoms in total. The largest absolute Gasteiger partial charge is 0.497 e. The normalized spacial score (nSPS) is 21.0. The summed E-state index contributed by atoms with van der Waals surface area (Å²) in [7, 11) is 1.66. The van der Waals surface area contributed by atoms with Crippen molar-refractivity contribution in [1.29, 1.82) is 0 Å². The highest BCUT2D eigenvalue weighted by atomic mass is 16.7. The van der Waals surface area contributed by atoms with Gasteiger partial charge >= 0.3 is 0 Å². The van der Waals surface area contributed by atoms with Gasteiger partial charge in [-0.25, -0.2) is 0 Å². The van der Waals surface area contributed by atoms with Crippen LogP contribution in [-0.2, 0) is 16.0 Å². The molecule has 2 fully saturated rings. The van der Waals surface area contributed by atoms with E-state index in [9.17, 15) is 4.79 Å². The Morgan fingerprint density at radius 3 is 2.70 bits per heavy atom. The number of fused-ring (bicyclic) bond motifs is 1. The Kier molecular flexibility index (Phi) is 5.79. The summed E-state index contributed by atoms with van der Waals surface area (Å²) in [6, 6.07) is 6.02. The zero-order valence-electron chi connectivity index (χ0n) is 16.1. The monoisotopic (exact) mass is 371 g/mol. The van der Waals surface area contributed by atoms with Crippen molar-refractivity contribution in [3.63, 3.8) is 0 Å². The number of nitrogens with zero attached hydrogens (tertiary/aromatic N) is 1. The highest BCUT2D eigenvalue weighted by Crippen LogP contribution is 2.40. The fourth-order valence-electron chi connectivity index (χ4n) is 4.63. The molecule has 1 aromatic carbocycles. The van der Waals surface area contributed by atoms with Crippen LogP contribution < -0.4 is 4.74 Å². The molecule has 4 rings (SSSR count). The van der Waals surface area contributed by atoms with Crippen molar-refractivity contribution in [3.8, 4) is 5.75 Å². The van der Waals surface area contributed by atoms with E-state index in [0.29, 0.717) is 12.5 Å². The van der Waals surface area contributed by atoms with Gasteiger partial charge in [0, 0.05) is 35.3 Å². The van der Waals surface area contributed by atoms with Crippen LogP contribution in [0, 0.1) is 0 Å². The third-order valence-electron chi connectivity index (χ3n) is 5.97. The first kappa shape index (κ1) is 18.5. The lowest BCUT2D eigenvalue weighted by molar-refractivity contribution is -0.163. The predicted octanol–water partition coefficient (Wildman–Crippen LogP) is 4.66. The minimum atomic E-state index is -0.0823. The van der Waals surface area contributed by atoms with Gasteiger partial charge in [0.25, 0.3) is 0 Å². The molecule has 0 spiro atoms. The van der Waals surface area contributed by atoms with Crippen molar-refractivity contribution >= 4 is 17.2 Å². The van der Waals surface area contributed by atoms with E-state index in [1.807, 2.05) is 12.1 Å². The van der Waals surface area contributed by atoms with Gasteiger partial charge in [0.2, 0.25) is 0 Å². The molecule has 2 heterocycles. The Bertz CT molecular complexity index is 785. The van der Waals surface area contributed by atoms with Crippen LogP contribution in [0.2, 0.25) is 0 Å². The van der Waals surface area contributed by atoms with E-state index in [2.05, 4.69) is 10.6 Å². The Hall–Kier alpha value is -1.85. The fourth-order valence-corrected chi connectivity index (χ4v) is 4.63. The van der Waals surface area contributed by atoms with Gasteiger partial charge in [-0.15, -0.1) is 0 Å². The number of benzene rings is 1. The van der Waals surface area contributed by atoms with Gasteiger partial charge in [0.1, 0.15) is 5.75 Å². The first-order chi connectivity index (χ1) is 13.3. The lowest BCUT2D eigenvalue weighted by atomic mass is 9.99. The summed E-state index contributed by atoms with van der Waals surface area (Å²) in [4.78, 5) is 12.0. The molecule has 1 atom stereocenters. The molecular weight excluding hydrogens is 342 g/mol. The van der Waals surface area contributed by atoms with Crippen LogP contribution in [0.1, 0.15) is 66.9 Å². The van der Waals surface area contributed by atoms with Crippen molar-refractivity contribution in [3.05, 3.63) is 29.5 Å². The number of hydrogen-bond acceptors (Lipinski definition) is 4. The van der Waals surface area contributed by atoms with Gasteiger partial charge in [-0.05, 0) is 56.2 Å². The van der Waals surface area contributed by atoms with Crippen LogP contribution in [0.25, 0.3) is 10.9 Å². The lowest BCUT2D eigenvalue weighted by Crippen LogP contribution is -2.24. The summed E-state index contributed by atoms with van der Waals surface area (Å²) in [6.07, 6.45) is 8.98. The second-order valence-corrected chi connectivity index (χ2v) is 7.60. The second kappa shape index (κ2) is 8.44. The van der Waals surface area contributed by atoms with Crippen molar-refractivity contribution in [2.45, 2.75) is 63.7 Å². The summed E-state index contributed by atoms with van der Waals surface area (Å²) in [5.74, 6) is 1.24. The van der Waals surface area contributed by atoms with Gasteiger partial charge in [0.15, 0.2) is 12.6 Å². The minimum absolute atomic E-state index is 0.0823. The number of aromatic nitrogens is 1. The zero-order valence-corrected chi connectivity index (χ0v) is 16.1. The molecule has 0 bridgehead atoms. The molecule has 0 amide bonds. The number of hydrogen-bond donors (Lipinski definition) is 0. The van der Waals surface area contributed by atoms with E-state index in [4.69, 9.17) is 14.2 Å². The molecule has 1 aliphatic carbocycles. The summed E-state index contributed by atoms with van der Waals surface area (Å²) < 4.78 is 19.4. The molecule has 1 aliphatic heterocycles. The lowest BCUT2D eigenvalue weighted by Gasteiger charge is -2.23. The second-order valence-electron chi connectivity index (χ2n) is 7.60. The minimum Gasteiger partial charge on any atom is -0.497 e. The van der Waals surface area contributed by atoms with E-state index >= 15 is 0 Å². The molecule has 0 radical (unpaired) electrons. The Balaban J connectivity index is 1.65. The molecular formula is C22H29NO4. The van der Waals surface area contributed by atoms with Crippen molar-refractivity contribution in [2.75, 3.05) is 20.3 Å². The number of carbonyl (C=O) groups is 1. The summed E-state index contributed by atoms with van der Waals surface area (Å²) in [6.45, 7) is 2.13. The van der Waals surface area contributed by atoms with Gasteiger partial charge in [-0.3, -0.25) is 4.79 Å². The van der Waals surface area contributed by atoms with Crippen LogP contribution in [-0.4, -0.2) is 37.5 Å². The summed E-state index contributed by atoms with van der Waals surface area (Å²) >= 11 is 0. The van der Waals surface area contributed by atoms with E-state index in [1.54, 1.807) is 7.11 Å². The van der Waals surface area contributed by atoms with E-state index in [0.717, 1.165) is 67.3 Å². The van der Waals surface area contributed by atoms with Crippen molar-refractivity contribution < 1.29 is 19.0 Å². The van der Waals surface area contributed by atoms with Crippen LogP contribution in [0.15, 0.2) is 18.2 Å². The van der Waals surface area contributed by atoms with E-state index in [1.165, 1.54) is 25.0 Å². The van der Waals surface area contributed by atoms with E-state index < -0.39 is 0 Å². The summed E-state index contributed by atoms with van der Waals surface area (Å²) in [5.41, 5.74) is 3.09. The maximum atomic E-state index is 12.0. The molecule has 27 heavy (non-hydrogen) atoms. The Morgan fingerprint density at radius 2 is 2.00 bits per heavy atom. The molecule has 2 aliphatic rings. The van der Waals surface area contributed by atoms with Crippen LogP contribution in [0.3, 0.4) is 0 Å². The fraction of sp³-hybridized carbons (Fsp3) is 0.591. The first-order valence-electron chi connectivity index (χ1n) is 10.2. The molecule has 2 aromatic rings. The molecule has 0 N–H and O–H groups in total. The Labute approximate surface area is 160 Å². The van der Waals surface area contributed by atoms with Crippen LogP contribution >= 0.6 is 0 Å². The number of carbonyl (C=O) groups excluding carboxylic acids is 1. The maximum absolute atomic E-state index is 12.0. The van der Waals surface area contributed by atoms with Gasteiger partial charge < -0.3 is 18.8 Å². The SMILES string of the molecule is COc1ccc2c(c1)c(C=O)c(C1CCCC1)n2CCOC1CCCCO1. The zero-order chi connectivity index (χ0) is 18.6. The van der Waals surface area contributed by atoms with Crippen LogP contribution in [0.4, 0.5) is 0 Å². The predicted molar refractivity (Wildman–Crippen MR) is 105 cm³/mol. The number of ether oxygens (including phenoxy) is 3. The smallest absolute Gasteiger partial charge is 0.157 e. The number of methoxy groups -OCH3 is 1. The molecule has 1 saturated carbocycles. The molecule has 5 heteroatoms. The topological polar surface area (TPSA) is 49.7 Å². The standard InChI is InChI=1S/C22H29NO4/c1-25-17-9-10-20-18(14-17)19(15-24)22(16-6-2-3-7-16)23(20)11-13-27-21-8-4-5-12-26-21/h9-10,14-16,21H,2-8,11-13H2,1H3. The maximum Gasteiger partial charge on any atom is 0.157 e. The molecule has 1 unspecified atom stereocenters. The van der Waals surface area contributed by atoms with Crippen molar-refractivity contribution in [1.82, 2.24) is 4.57 Å². The average molecular weight is 371 g/mol. The highest BCUT2D eigenvalue weighted by molar-refractivity contribution is 6.00. The number of aldehydes is 1. The van der Waals surface area contributed by atoms with Crippen molar-refractivity contribution in [2.24, 2.45) is 0 Å². The molecule has 146 valence electrons. The highest BCUT2D eigenvalue weighted by Gasteiger charge is 2.27. The average Bonchev–Trinajstić information content (AvgIpc) is 3.34. The quantitative estimate of drug-likeness (QED) is 0.664. The first-order valence-corrected chi connectivity index (χ1v) is 10.2. The number of rotatable bonds is 7.